The van der Waals surface area contributed by atoms with Crippen molar-refractivity contribution in [3.05, 3.63) is 58.6 Å². The van der Waals surface area contributed by atoms with Crippen LogP contribution in [0.15, 0.2) is 58.0 Å². The molecule has 2 saturated heterocycles. The number of sulfone groups is 1. The predicted molar refractivity (Wildman–Crippen MR) is 120 cm³/mol. The first-order chi connectivity index (χ1) is 13.9. The normalized spacial score (nSPS) is 23.9. The van der Waals surface area contributed by atoms with Crippen LogP contribution in [0, 0.1) is 0 Å². The van der Waals surface area contributed by atoms with Gasteiger partial charge in [0.2, 0.25) is 0 Å². The van der Waals surface area contributed by atoms with Gasteiger partial charge in [0.25, 0.3) is 5.91 Å². The van der Waals surface area contributed by atoms with Gasteiger partial charge in [-0.15, -0.1) is 0 Å². The molecule has 2 aliphatic heterocycles. The lowest BCUT2D eigenvalue weighted by molar-refractivity contribution is -0.117. The number of amidine groups is 1. The van der Waals surface area contributed by atoms with Gasteiger partial charge in [-0.1, -0.05) is 52.0 Å². The number of carbonyl (C=O) groups excluding carboxylic acids is 1. The molecule has 0 aliphatic carbocycles. The van der Waals surface area contributed by atoms with Gasteiger partial charge in [-0.3, -0.25) is 4.79 Å². The van der Waals surface area contributed by atoms with Gasteiger partial charge in [-0.25, -0.2) is 8.42 Å². The van der Waals surface area contributed by atoms with Gasteiger partial charge >= 0.3 is 0 Å². The monoisotopic (exact) mass is 494 g/mol. The Hall–Kier alpha value is -1.84. The molecule has 0 saturated carbocycles. The van der Waals surface area contributed by atoms with Gasteiger partial charge in [0.1, 0.15) is 5.75 Å². The molecule has 0 aromatic heterocycles. The highest BCUT2D eigenvalue weighted by Gasteiger charge is 2.49. The van der Waals surface area contributed by atoms with Gasteiger partial charge in [0.15, 0.2) is 15.0 Å². The zero-order valence-corrected chi connectivity index (χ0v) is 18.8. The van der Waals surface area contributed by atoms with Crippen LogP contribution in [0.3, 0.4) is 0 Å². The summed E-state index contributed by atoms with van der Waals surface area (Å²) in [6, 6.07) is 14.7. The van der Waals surface area contributed by atoms with E-state index in [9.17, 15) is 13.2 Å². The molecule has 2 heterocycles. The van der Waals surface area contributed by atoms with Crippen molar-refractivity contribution in [3.8, 4) is 5.75 Å². The van der Waals surface area contributed by atoms with Crippen molar-refractivity contribution >= 4 is 54.3 Å². The summed E-state index contributed by atoms with van der Waals surface area (Å²) in [5, 5.41) is 0.421. The van der Waals surface area contributed by atoms with Gasteiger partial charge in [-0.2, -0.15) is 4.99 Å². The fourth-order valence-corrected chi connectivity index (χ4v) is 7.97. The maximum atomic E-state index is 12.7. The van der Waals surface area contributed by atoms with Crippen molar-refractivity contribution in [2.75, 3.05) is 23.5 Å². The van der Waals surface area contributed by atoms with Crippen molar-refractivity contribution in [1.29, 1.82) is 0 Å². The summed E-state index contributed by atoms with van der Waals surface area (Å²) in [4.78, 5) is 19.0. The van der Waals surface area contributed by atoms with Crippen LogP contribution in [-0.2, 0) is 21.1 Å². The lowest BCUT2D eigenvalue weighted by Crippen LogP contribution is -2.37. The van der Waals surface area contributed by atoms with Crippen molar-refractivity contribution in [1.82, 2.24) is 0 Å². The Morgan fingerprint density at radius 3 is 2.79 bits per heavy atom. The molecule has 0 unspecified atom stereocenters. The lowest BCUT2D eigenvalue weighted by Gasteiger charge is -2.24. The summed E-state index contributed by atoms with van der Waals surface area (Å²) < 4.78 is 30.5. The van der Waals surface area contributed by atoms with Crippen molar-refractivity contribution in [3.63, 3.8) is 0 Å². The molecule has 0 radical (unpaired) electrons. The number of anilines is 1. The molecule has 0 N–H and O–H groups in total. The van der Waals surface area contributed by atoms with E-state index >= 15 is 0 Å². The zero-order chi connectivity index (χ0) is 20.6. The molecule has 2 aromatic rings. The van der Waals surface area contributed by atoms with Crippen molar-refractivity contribution in [2.24, 2.45) is 4.99 Å². The third kappa shape index (κ3) is 4.36. The second-order valence-electron chi connectivity index (χ2n) is 6.93. The first-order valence-electron chi connectivity index (χ1n) is 9.01. The van der Waals surface area contributed by atoms with Gasteiger partial charge < -0.3 is 9.64 Å². The predicted octanol–water partition coefficient (Wildman–Crippen LogP) is 3.30. The van der Waals surface area contributed by atoms with Gasteiger partial charge in [0.05, 0.1) is 31.1 Å². The molecule has 0 bridgehead atoms. The van der Waals surface area contributed by atoms with E-state index in [0.29, 0.717) is 10.9 Å². The van der Waals surface area contributed by atoms with Crippen molar-refractivity contribution in [2.45, 2.75) is 17.7 Å². The second-order valence-corrected chi connectivity index (χ2v) is 11.2. The maximum absolute atomic E-state index is 12.7. The zero-order valence-electron chi connectivity index (χ0n) is 15.6. The molecule has 2 atom stereocenters. The Balaban J connectivity index is 1.65. The molecule has 152 valence electrons. The minimum atomic E-state index is -3.10. The molecule has 2 aromatic carbocycles. The van der Waals surface area contributed by atoms with E-state index < -0.39 is 9.84 Å². The number of rotatable bonds is 4. The number of nitrogens with zero attached hydrogens (tertiary/aromatic N) is 2. The first kappa shape index (κ1) is 20.4. The molecule has 2 aliphatic rings. The van der Waals surface area contributed by atoms with E-state index in [-0.39, 0.29) is 35.1 Å². The smallest absolute Gasteiger partial charge is 0.252 e. The van der Waals surface area contributed by atoms with Crippen LogP contribution in [0.4, 0.5) is 5.69 Å². The third-order valence-electron chi connectivity index (χ3n) is 4.91. The Kier molecular flexibility index (Phi) is 5.72. The fraction of sp³-hybridized carbons (Fsp3) is 0.300. The molecule has 0 spiro atoms. The van der Waals surface area contributed by atoms with Crippen LogP contribution in [0.2, 0.25) is 0 Å². The van der Waals surface area contributed by atoms with E-state index in [0.717, 1.165) is 15.7 Å². The Bertz CT molecular complexity index is 1090. The van der Waals surface area contributed by atoms with Crippen LogP contribution in [-0.4, -0.2) is 49.4 Å². The standard InChI is InChI=1S/C20H19BrN2O4S2/c1-27-17-8-3-2-5-13(17)9-19(24)22-20-23(15-7-4-6-14(21)10-15)16-11-29(25,26)12-18(16)28-20/h2-8,10,16,18H,9,11-12H2,1H3/t16-,18+/m0/s1. The number of ether oxygens (including phenoxy) is 1. The van der Waals surface area contributed by atoms with Crippen molar-refractivity contribution < 1.29 is 17.9 Å². The average molecular weight is 495 g/mol. The molecule has 2 fully saturated rings. The number of thioether (sulfide) groups is 1. The highest BCUT2D eigenvalue weighted by Crippen LogP contribution is 2.41. The van der Waals surface area contributed by atoms with Crippen LogP contribution in [0.1, 0.15) is 5.56 Å². The SMILES string of the molecule is COc1ccccc1CC(=O)N=C1S[C@@H]2CS(=O)(=O)C[C@@H]2N1c1cccc(Br)c1. The quantitative estimate of drug-likeness (QED) is 0.648. The molecule has 9 heteroatoms. The highest BCUT2D eigenvalue weighted by molar-refractivity contribution is 9.10. The number of methoxy groups -OCH3 is 1. The molecular weight excluding hydrogens is 476 g/mol. The van der Waals surface area contributed by atoms with E-state index in [1.807, 2.05) is 53.4 Å². The van der Waals surface area contributed by atoms with E-state index in [1.54, 1.807) is 7.11 Å². The number of aliphatic imine (C=N–C) groups is 1. The Morgan fingerprint density at radius 1 is 1.24 bits per heavy atom. The number of hydrogen-bond donors (Lipinski definition) is 0. The summed E-state index contributed by atoms with van der Waals surface area (Å²) in [5.74, 6) is 0.524. The number of hydrogen-bond acceptors (Lipinski definition) is 5. The van der Waals surface area contributed by atoms with Gasteiger partial charge in [0, 0.05) is 21.0 Å². The number of fused-ring (bicyclic) bond motifs is 1. The molecule has 6 nitrogen and oxygen atoms in total. The summed E-state index contributed by atoms with van der Waals surface area (Å²) in [6.07, 6.45) is 0.119. The summed E-state index contributed by atoms with van der Waals surface area (Å²) in [5.41, 5.74) is 1.59. The first-order valence-corrected chi connectivity index (χ1v) is 12.5. The number of benzene rings is 2. The molecular formula is C20H19BrN2O4S2. The van der Waals surface area contributed by atoms with Crippen LogP contribution >= 0.6 is 27.7 Å². The largest absolute Gasteiger partial charge is 0.496 e. The highest BCUT2D eigenvalue weighted by atomic mass is 79.9. The van der Waals surface area contributed by atoms with Crippen LogP contribution in [0.5, 0.6) is 5.75 Å². The lowest BCUT2D eigenvalue weighted by atomic mass is 10.1. The van der Waals surface area contributed by atoms with Crippen LogP contribution < -0.4 is 9.64 Å². The topological polar surface area (TPSA) is 76.0 Å². The van der Waals surface area contributed by atoms with Gasteiger partial charge in [-0.05, 0) is 24.3 Å². The van der Waals surface area contributed by atoms with E-state index in [2.05, 4.69) is 20.9 Å². The summed E-state index contributed by atoms with van der Waals surface area (Å²) >= 11 is 4.83. The number of halogens is 1. The number of amides is 1. The number of carbonyl (C=O) groups is 1. The Labute approximate surface area is 182 Å². The second kappa shape index (κ2) is 8.12. The molecule has 4 rings (SSSR count). The number of para-hydroxylation sites is 1. The minimum Gasteiger partial charge on any atom is -0.496 e. The molecule has 1 amide bonds. The van der Waals surface area contributed by atoms with E-state index in [1.165, 1.54) is 11.8 Å². The average Bonchev–Trinajstić information content (AvgIpc) is 3.12. The van der Waals surface area contributed by atoms with Crippen LogP contribution in [0.25, 0.3) is 0 Å². The minimum absolute atomic E-state index is 0.0664. The Morgan fingerprint density at radius 2 is 2.03 bits per heavy atom. The van der Waals surface area contributed by atoms with E-state index in [4.69, 9.17) is 4.74 Å². The maximum Gasteiger partial charge on any atom is 0.252 e. The fourth-order valence-electron chi connectivity index (χ4n) is 3.65. The summed E-state index contributed by atoms with van der Waals surface area (Å²) in [7, 11) is -1.53. The third-order valence-corrected chi connectivity index (χ3v) is 8.61. The molecule has 29 heavy (non-hydrogen) atoms. The summed E-state index contributed by atoms with van der Waals surface area (Å²) in [6.45, 7) is 0.